The van der Waals surface area contributed by atoms with E-state index in [9.17, 15) is 4.79 Å². The number of amides is 1. The summed E-state index contributed by atoms with van der Waals surface area (Å²) in [6.07, 6.45) is -0.232. The van der Waals surface area contributed by atoms with Gasteiger partial charge in [-0.05, 0) is 13.8 Å². The van der Waals surface area contributed by atoms with Crippen LogP contribution in [-0.2, 0) is 11.2 Å². The number of ether oxygens (including phenoxy) is 1. The maximum atomic E-state index is 10.2. The van der Waals surface area contributed by atoms with Crippen LogP contribution in [0.15, 0.2) is 4.52 Å². The molecular formula is C8H12N2O3. The zero-order valence-electron chi connectivity index (χ0n) is 7.66. The van der Waals surface area contributed by atoms with E-state index in [0.717, 1.165) is 17.0 Å². The molecule has 2 N–H and O–H groups in total. The predicted octanol–water partition coefficient (Wildman–Crippen LogP) is 0.929. The Morgan fingerprint density at radius 1 is 1.62 bits per heavy atom. The molecule has 0 saturated carbocycles. The number of aromatic nitrogens is 1. The van der Waals surface area contributed by atoms with E-state index >= 15 is 0 Å². The molecule has 5 heteroatoms. The molecule has 0 saturated heterocycles. The standard InChI is InChI=1S/C8H12N2O3/c1-5-6(2)13-10-7(5)3-4-12-8(9)11/h3-4H2,1-2H3,(H2,9,11). The highest BCUT2D eigenvalue weighted by atomic mass is 16.5. The number of hydrogen-bond acceptors (Lipinski definition) is 4. The SMILES string of the molecule is Cc1onc(CCOC(N)=O)c1C. The van der Waals surface area contributed by atoms with Crippen molar-refractivity contribution in [2.75, 3.05) is 6.61 Å². The summed E-state index contributed by atoms with van der Waals surface area (Å²) in [5, 5.41) is 3.81. The van der Waals surface area contributed by atoms with Crippen LogP contribution in [0.25, 0.3) is 0 Å². The maximum absolute atomic E-state index is 10.2. The summed E-state index contributed by atoms with van der Waals surface area (Å²) in [6.45, 7) is 3.98. The third kappa shape index (κ3) is 2.47. The summed E-state index contributed by atoms with van der Waals surface area (Å²) in [6, 6.07) is 0. The lowest BCUT2D eigenvalue weighted by atomic mass is 10.2. The summed E-state index contributed by atoms with van der Waals surface area (Å²) in [7, 11) is 0. The first kappa shape index (κ1) is 9.57. The summed E-state index contributed by atoms with van der Waals surface area (Å²) in [5.74, 6) is 0.786. The van der Waals surface area contributed by atoms with Crippen molar-refractivity contribution in [2.45, 2.75) is 20.3 Å². The Morgan fingerprint density at radius 3 is 2.77 bits per heavy atom. The largest absolute Gasteiger partial charge is 0.449 e. The van der Waals surface area contributed by atoms with Crippen LogP contribution in [0.2, 0.25) is 0 Å². The van der Waals surface area contributed by atoms with Gasteiger partial charge in [0.05, 0.1) is 12.3 Å². The van der Waals surface area contributed by atoms with E-state index in [1.807, 2.05) is 13.8 Å². The Morgan fingerprint density at radius 2 is 2.31 bits per heavy atom. The number of hydrogen-bond donors (Lipinski definition) is 1. The number of primary amides is 1. The molecule has 0 aromatic carbocycles. The quantitative estimate of drug-likeness (QED) is 0.757. The zero-order valence-corrected chi connectivity index (χ0v) is 7.66. The van der Waals surface area contributed by atoms with Crippen LogP contribution >= 0.6 is 0 Å². The Hall–Kier alpha value is -1.52. The topological polar surface area (TPSA) is 78.3 Å². The highest BCUT2D eigenvalue weighted by molar-refractivity contribution is 5.64. The van der Waals surface area contributed by atoms with Crippen LogP contribution in [0.1, 0.15) is 17.0 Å². The van der Waals surface area contributed by atoms with Crippen molar-refractivity contribution >= 4 is 6.09 Å². The minimum atomic E-state index is -0.766. The molecule has 5 nitrogen and oxygen atoms in total. The Kier molecular flexibility index (Phi) is 2.89. The summed E-state index contributed by atoms with van der Waals surface area (Å²) in [5.41, 5.74) is 6.59. The van der Waals surface area contributed by atoms with Crippen LogP contribution < -0.4 is 5.73 Å². The van der Waals surface area contributed by atoms with Gasteiger partial charge in [-0.3, -0.25) is 0 Å². The first-order valence-electron chi connectivity index (χ1n) is 3.95. The van der Waals surface area contributed by atoms with Crippen molar-refractivity contribution in [3.05, 3.63) is 17.0 Å². The molecule has 1 aromatic rings. The molecule has 1 aromatic heterocycles. The minimum absolute atomic E-state index is 0.238. The van der Waals surface area contributed by atoms with Gasteiger partial charge in [0, 0.05) is 12.0 Å². The van der Waals surface area contributed by atoms with E-state index in [1.165, 1.54) is 0 Å². The lowest BCUT2D eigenvalue weighted by molar-refractivity contribution is 0.157. The molecule has 0 spiro atoms. The van der Waals surface area contributed by atoms with Crippen molar-refractivity contribution in [1.29, 1.82) is 0 Å². The fourth-order valence-corrected chi connectivity index (χ4v) is 0.945. The normalized spacial score (nSPS) is 10.0. The summed E-state index contributed by atoms with van der Waals surface area (Å²) in [4.78, 5) is 10.2. The zero-order chi connectivity index (χ0) is 9.84. The van der Waals surface area contributed by atoms with Gasteiger partial charge in [-0.2, -0.15) is 0 Å². The van der Waals surface area contributed by atoms with Gasteiger partial charge < -0.3 is 15.0 Å². The van der Waals surface area contributed by atoms with Gasteiger partial charge in [-0.25, -0.2) is 4.79 Å². The van der Waals surface area contributed by atoms with Crippen LogP contribution in [0.3, 0.4) is 0 Å². The van der Waals surface area contributed by atoms with Crippen LogP contribution in [0.4, 0.5) is 4.79 Å². The second-order valence-electron chi connectivity index (χ2n) is 2.73. The first-order valence-corrected chi connectivity index (χ1v) is 3.95. The number of nitrogens with zero attached hydrogens (tertiary/aromatic N) is 1. The number of nitrogens with two attached hydrogens (primary N) is 1. The molecule has 1 amide bonds. The highest BCUT2D eigenvalue weighted by Crippen LogP contribution is 2.11. The van der Waals surface area contributed by atoms with E-state index in [-0.39, 0.29) is 6.61 Å². The Labute approximate surface area is 75.8 Å². The number of rotatable bonds is 3. The van der Waals surface area contributed by atoms with Gasteiger partial charge in [-0.1, -0.05) is 5.16 Å². The number of aryl methyl sites for hydroxylation is 1. The van der Waals surface area contributed by atoms with E-state index in [0.29, 0.717) is 6.42 Å². The summed E-state index contributed by atoms with van der Waals surface area (Å²) >= 11 is 0. The van der Waals surface area contributed by atoms with Gasteiger partial charge in [0.2, 0.25) is 0 Å². The first-order chi connectivity index (χ1) is 6.11. The molecule has 0 aliphatic rings. The lowest BCUT2D eigenvalue weighted by Gasteiger charge is -1.98. The van der Waals surface area contributed by atoms with Crippen LogP contribution in [-0.4, -0.2) is 17.9 Å². The third-order valence-corrected chi connectivity index (χ3v) is 1.84. The molecule has 1 rings (SSSR count). The van der Waals surface area contributed by atoms with Gasteiger partial charge in [0.1, 0.15) is 5.76 Å². The van der Waals surface area contributed by atoms with Crippen molar-refractivity contribution in [3.63, 3.8) is 0 Å². The molecule has 0 aliphatic heterocycles. The predicted molar refractivity (Wildman–Crippen MR) is 45.2 cm³/mol. The van der Waals surface area contributed by atoms with Gasteiger partial charge in [-0.15, -0.1) is 0 Å². The molecular weight excluding hydrogens is 172 g/mol. The molecule has 1 heterocycles. The Bertz CT molecular complexity index is 306. The average molecular weight is 184 g/mol. The van der Waals surface area contributed by atoms with E-state index < -0.39 is 6.09 Å². The summed E-state index contributed by atoms with van der Waals surface area (Å²) < 4.78 is 9.50. The van der Waals surface area contributed by atoms with Crippen LogP contribution in [0, 0.1) is 13.8 Å². The third-order valence-electron chi connectivity index (χ3n) is 1.84. The van der Waals surface area contributed by atoms with Crippen molar-refractivity contribution in [2.24, 2.45) is 5.73 Å². The van der Waals surface area contributed by atoms with Crippen LogP contribution in [0.5, 0.6) is 0 Å². The number of carbonyl (C=O) groups is 1. The van der Waals surface area contributed by atoms with E-state index in [1.54, 1.807) is 0 Å². The second-order valence-corrected chi connectivity index (χ2v) is 2.73. The van der Waals surface area contributed by atoms with Crippen molar-refractivity contribution in [1.82, 2.24) is 5.16 Å². The molecule has 0 unspecified atom stereocenters. The molecule has 0 atom stereocenters. The number of carbonyl (C=O) groups excluding carboxylic acids is 1. The molecule has 72 valence electrons. The van der Waals surface area contributed by atoms with Gasteiger partial charge in [0.15, 0.2) is 0 Å². The van der Waals surface area contributed by atoms with Gasteiger partial charge >= 0.3 is 6.09 Å². The average Bonchev–Trinajstić information content (AvgIpc) is 2.35. The van der Waals surface area contributed by atoms with Crippen molar-refractivity contribution < 1.29 is 14.1 Å². The van der Waals surface area contributed by atoms with Crippen molar-refractivity contribution in [3.8, 4) is 0 Å². The van der Waals surface area contributed by atoms with E-state index in [4.69, 9.17) is 10.3 Å². The fourth-order valence-electron chi connectivity index (χ4n) is 0.945. The molecule has 0 aliphatic carbocycles. The fraction of sp³-hybridized carbons (Fsp3) is 0.500. The molecule has 0 bridgehead atoms. The monoisotopic (exact) mass is 184 g/mol. The van der Waals surface area contributed by atoms with E-state index in [2.05, 4.69) is 9.89 Å². The smallest absolute Gasteiger partial charge is 0.404 e. The molecule has 0 fully saturated rings. The highest BCUT2D eigenvalue weighted by Gasteiger charge is 2.07. The second kappa shape index (κ2) is 3.93. The van der Waals surface area contributed by atoms with Gasteiger partial charge in [0.25, 0.3) is 0 Å². The minimum Gasteiger partial charge on any atom is -0.449 e. The maximum Gasteiger partial charge on any atom is 0.404 e. The lowest BCUT2D eigenvalue weighted by Crippen LogP contribution is -2.15. The molecule has 13 heavy (non-hydrogen) atoms. The molecule has 0 radical (unpaired) electrons. The Balaban J connectivity index is 2.45.